The predicted octanol–water partition coefficient (Wildman–Crippen LogP) is 2.45. The van der Waals surface area contributed by atoms with Gasteiger partial charge < -0.3 is 9.80 Å². The lowest BCUT2D eigenvalue weighted by molar-refractivity contribution is -0.902. The number of hydrogen-bond donors (Lipinski definition) is 1. The summed E-state index contributed by atoms with van der Waals surface area (Å²) in [6.45, 7) is 13.5. The Kier molecular flexibility index (Phi) is 6.89. The fourth-order valence-corrected chi connectivity index (χ4v) is 4.07. The second-order valence-electron chi connectivity index (χ2n) is 7.91. The summed E-state index contributed by atoms with van der Waals surface area (Å²) < 4.78 is 2.02. The third-order valence-electron chi connectivity index (χ3n) is 5.78. The minimum Gasteiger partial charge on any atom is -0.332 e. The molecule has 0 aliphatic carbocycles. The van der Waals surface area contributed by atoms with Gasteiger partial charge in [0.05, 0.1) is 55.4 Å². The van der Waals surface area contributed by atoms with E-state index < -0.39 is 0 Å². The highest BCUT2D eigenvalue weighted by Crippen LogP contribution is 2.24. The smallest absolute Gasteiger partial charge is 0.258 e. The molecule has 0 atom stereocenters. The molecule has 1 aliphatic heterocycles. The van der Waals surface area contributed by atoms with E-state index in [-0.39, 0.29) is 5.91 Å². The summed E-state index contributed by atoms with van der Waals surface area (Å²) in [6, 6.07) is 8.44. The average molecular weight is 384 g/mol. The second kappa shape index (κ2) is 9.37. The van der Waals surface area contributed by atoms with E-state index in [4.69, 9.17) is 5.10 Å². The molecular formula is C23H35N4O+. The topological polar surface area (TPSA) is 42.6 Å². The minimum absolute atomic E-state index is 0.181. The Labute approximate surface area is 169 Å². The molecular weight excluding hydrogens is 348 g/mol. The van der Waals surface area contributed by atoms with Crippen LogP contribution in [0.15, 0.2) is 24.3 Å². The third kappa shape index (κ3) is 4.30. The average Bonchev–Trinajstić information content (AvgIpc) is 3.06. The van der Waals surface area contributed by atoms with E-state index in [1.807, 2.05) is 9.58 Å². The van der Waals surface area contributed by atoms with Gasteiger partial charge in [0.25, 0.3) is 5.91 Å². The number of likely N-dealkylation sites (N-methyl/N-ethyl adjacent to an activating group) is 1. The van der Waals surface area contributed by atoms with Crippen molar-refractivity contribution in [2.24, 2.45) is 0 Å². The molecule has 28 heavy (non-hydrogen) atoms. The van der Waals surface area contributed by atoms with Gasteiger partial charge in [-0.1, -0.05) is 44.4 Å². The van der Waals surface area contributed by atoms with Crippen LogP contribution in [0.2, 0.25) is 0 Å². The fraction of sp³-hybridized carbons (Fsp3) is 0.565. The molecule has 0 bridgehead atoms. The molecule has 0 unspecified atom stereocenters. The third-order valence-corrected chi connectivity index (χ3v) is 5.78. The van der Waals surface area contributed by atoms with Crippen LogP contribution in [0.1, 0.15) is 60.9 Å². The Morgan fingerprint density at radius 3 is 2.25 bits per heavy atom. The number of rotatable bonds is 7. The first-order chi connectivity index (χ1) is 13.6. The Bertz CT molecular complexity index is 786. The molecule has 152 valence electrons. The van der Waals surface area contributed by atoms with Gasteiger partial charge in [0.15, 0.2) is 0 Å². The summed E-state index contributed by atoms with van der Waals surface area (Å²) in [5.74, 6) is 0.181. The second-order valence-corrected chi connectivity index (χ2v) is 7.91. The van der Waals surface area contributed by atoms with Gasteiger partial charge in [-0.05, 0) is 38.8 Å². The van der Waals surface area contributed by atoms with Gasteiger partial charge in [-0.2, -0.15) is 5.10 Å². The Morgan fingerprint density at radius 1 is 1.04 bits per heavy atom. The van der Waals surface area contributed by atoms with Crippen molar-refractivity contribution in [1.29, 1.82) is 0 Å². The number of nitrogens with zero attached hydrogens (tertiary/aromatic N) is 3. The van der Waals surface area contributed by atoms with Gasteiger partial charge in [-0.15, -0.1) is 0 Å². The normalized spacial score (nSPS) is 15.2. The van der Waals surface area contributed by atoms with Gasteiger partial charge in [0.2, 0.25) is 0 Å². The highest BCUT2D eigenvalue weighted by molar-refractivity contribution is 5.96. The maximum atomic E-state index is 13.5. The highest BCUT2D eigenvalue weighted by Gasteiger charge is 2.30. The molecule has 5 nitrogen and oxygen atoms in total. The van der Waals surface area contributed by atoms with E-state index in [1.54, 1.807) is 4.90 Å². The molecule has 1 amide bonds. The van der Waals surface area contributed by atoms with E-state index in [1.165, 1.54) is 5.56 Å². The number of benzene rings is 1. The predicted molar refractivity (Wildman–Crippen MR) is 113 cm³/mol. The molecule has 1 aromatic carbocycles. The summed E-state index contributed by atoms with van der Waals surface area (Å²) in [5, 5.41) is 4.93. The standard InChI is InChI=1S/C23H34N4O/c1-5-8-20-22(23(28)26-16-14-25(7-3)15-17-26)21(9-6-2)27(24-20)19-12-10-18(4)11-13-19/h10-13H,5-9,14-17H2,1-4H3/p+1. The molecule has 5 heteroatoms. The van der Waals surface area contributed by atoms with Crippen molar-refractivity contribution in [3.8, 4) is 5.69 Å². The molecule has 1 aliphatic rings. The number of nitrogens with one attached hydrogen (secondary N) is 1. The molecule has 2 aromatic rings. The molecule has 1 fully saturated rings. The molecule has 1 N–H and O–H groups in total. The monoisotopic (exact) mass is 383 g/mol. The number of hydrogen-bond acceptors (Lipinski definition) is 2. The molecule has 2 heterocycles. The number of aryl methyl sites for hydroxylation is 2. The van der Waals surface area contributed by atoms with Crippen molar-refractivity contribution < 1.29 is 9.69 Å². The Balaban J connectivity index is 2.00. The summed E-state index contributed by atoms with van der Waals surface area (Å²) in [4.78, 5) is 17.2. The largest absolute Gasteiger partial charge is 0.332 e. The number of aromatic nitrogens is 2. The zero-order chi connectivity index (χ0) is 20.1. The first-order valence-corrected chi connectivity index (χ1v) is 10.9. The number of quaternary nitrogens is 1. The number of piperazine rings is 1. The number of carbonyl (C=O) groups excluding carboxylic acids is 1. The van der Waals surface area contributed by atoms with Gasteiger partial charge >= 0.3 is 0 Å². The molecule has 0 saturated carbocycles. The van der Waals surface area contributed by atoms with E-state index in [0.29, 0.717) is 0 Å². The van der Waals surface area contributed by atoms with Gasteiger partial charge in [-0.25, -0.2) is 4.68 Å². The van der Waals surface area contributed by atoms with E-state index in [0.717, 1.165) is 81.0 Å². The van der Waals surface area contributed by atoms with Crippen molar-refractivity contribution in [3.63, 3.8) is 0 Å². The van der Waals surface area contributed by atoms with Crippen LogP contribution in [0.25, 0.3) is 5.69 Å². The maximum Gasteiger partial charge on any atom is 0.258 e. The van der Waals surface area contributed by atoms with Crippen LogP contribution in [-0.4, -0.2) is 53.3 Å². The lowest BCUT2D eigenvalue weighted by Crippen LogP contribution is -3.14. The molecule has 0 radical (unpaired) electrons. The maximum absolute atomic E-state index is 13.5. The lowest BCUT2D eigenvalue weighted by Gasteiger charge is -2.31. The summed E-state index contributed by atoms with van der Waals surface area (Å²) in [6.07, 6.45) is 3.70. The van der Waals surface area contributed by atoms with Crippen LogP contribution in [0.5, 0.6) is 0 Å². The first-order valence-electron chi connectivity index (χ1n) is 10.9. The van der Waals surface area contributed by atoms with Crippen LogP contribution < -0.4 is 4.90 Å². The van der Waals surface area contributed by atoms with Crippen LogP contribution in [-0.2, 0) is 12.8 Å². The molecule has 1 aromatic heterocycles. The molecule has 1 saturated heterocycles. The van der Waals surface area contributed by atoms with Crippen LogP contribution in [0.4, 0.5) is 0 Å². The summed E-state index contributed by atoms with van der Waals surface area (Å²) >= 11 is 0. The van der Waals surface area contributed by atoms with Gasteiger partial charge in [0, 0.05) is 0 Å². The fourth-order valence-electron chi connectivity index (χ4n) is 4.07. The minimum atomic E-state index is 0.181. The quantitative estimate of drug-likeness (QED) is 0.798. The van der Waals surface area contributed by atoms with Gasteiger partial charge in [0.1, 0.15) is 0 Å². The van der Waals surface area contributed by atoms with Crippen LogP contribution in [0, 0.1) is 6.92 Å². The van der Waals surface area contributed by atoms with Crippen molar-refractivity contribution in [2.45, 2.75) is 53.4 Å². The van der Waals surface area contributed by atoms with Crippen molar-refractivity contribution >= 4 is 5.91 Å². The van der Waals surface area contributed by atoms with Crippen molar-refractivity contribution in [2.75, 3.05) is 32.7 Å². The van der Waals surface area contributed by atoms with E-state index in [9.17, 15) is 4.79 Å². The van der Waals surface area contributed by atoms with E-state index in [2.05, 4.69) is 52.0 Å². The molecule has 0 spiro atoms. The molecule has 3 rings (SSSR count). The first kappa shape index (κ1) is 20.6. The van der Waals surface area contributed by atoms with Crippen molar-refractivity contribution in [1.82, 2.24) is 14.7 Å². The van der Waals surface area contributed by atoms with Crippen LogP contribution in [0.3, 0.4) is 0 Å². The summed E-state index contributed by atoms with van der Waals surface area (Å²) in [5.41, 5.74) is 5.18. The Morgan fingerprint density at radius 2 is 1.68 bits per heavy atom. The number of carbonyl (C=O) groups is 1. The SMILES string of the molecule is CCCc1nn(-c2ccc(C)cc2)c(CCC)c1C(=O)N1CC[NH+](CC)CC1. The zero-order valence-electron chi connectivity index (χ0n) is 17.9. The number of amides is 1. The van der Waals surface area contributed by atoms with Crippen molar-refractivity contribution in [3.05, 3.63) is 46.8 Å². The zero-order valence-corrected chi connectivity index (χ0v) is 17.9. The highest BCUT2D eigenvalue weighted by atomic mass is 16.2. The Hall–Kier alpha value is -2.14. The van der Waals surface area contributed by atoms with Gasteiger partial charge in [-0.3, -0.25) is 4.79 Å². The van der Waals surface area contributed by atoms with Crippen LogP contribution >= 0.6 is 0 Å². The van der Waals surface area contributed by atoms with E-state index >= 15 is 0 Å². The summed E-state index contributed by atoms with van der Waals surface area (Å²) in [7, 11) is 0. The lowest BCUT2D eigenvalue weighted by atomic mass is 10.0.